The van der Waals surface area contributed by atoms with Crippen LogP contribution in [0.15, 0.2) is 36.4 Å². The topological polar surface area (TPSA) is 75.4 Å². The van der Waals surface area contributed by atoms with Gasteiger partial charge in [0.15, 0.2) is 0 Å². The summed E-state index contributed by atoms with van der Waals surface area (Å²) in [4.78, 5) is 11.5. The Morgan fingerprint density at radius 3 is 2.80 bits per heavy atom. The molecule has 1 amide bonds. The standard InChI is InChI=1S/C21H26N2O2/c1-14-5-7-16(21(22)25)13-20(14)17-10-15(11-19(24)12-17)6-8-18-4-2-3-9-23-18/h5,7,10-13,18,23-24H,2-4,6,8-9H2,1H3,(H2,22,25). The molecule has 3 rings (SSSR count). The number of aromatic hydroxyl groups is 1. The number of benzene rings is 2. The fourth-order valence-electron chi connectivity index (χ4n) is 3.57. The molecule has 0 saturated carbocycles. The first-order chi connectivity index (χ1) is 12.0. The number of nitrogens with two attached hydrogens (primary N) is 1. The molecule has 0 spiro atoms. The first kappa shape index (κ1) is 17.5. The lowest BCUT2D eigenvalue weighted by Crippen LogP contribution is -2.34. The van der Waals surface area contributed by atoms with Gasteiger partial charge in [0.2, 0.25) is 5.91 Å². The zero-order valence-electron chi connectivity index (χ0n) is 14.7. The minimum Gasteiger partial charge on any atom is -0.508 e. The summed E-state index contributed by atoms with van der Waals surface area (Å²) in [6.45, 7) is 3.10. The van der Waals surface area contributed by atoms with E-state index in [4.69, 9.17) is 5.73 Å². The Morgan fingerprint density at radius 2 is 2.08 bits per heavy atom. The Labute approximate surface area is 149 Å². The normalized spacial score (nSPS) is 17.4. The van der Waals surface area contributed by atoms with Crippen LogP contribution >= 0.6 is 0 Å². The molecule has 4 heteroatoms. The number of amides is 1. The van der Waals surface area contributed by atoms with E-state index in [1.807, 2.05) is 19.1 Å². The van der Waals surface area contributed by atoms with Crippen molar-refractivity contribution in [2.75, 3.05) is 6.54 Å². The van der Waals surface area contributed by atoms with Gasteiger partial charge >= 0.3 is 0 Å². The van der Waals surface area contributed by atoms with Crippen LogP contribution in [0.1, 0.15) is 47.2 Å². The van der Waals surface area contributed by atoms with Crippen LogP contribution in [-0.2, 0) is 6.42 Å². The van der Waals surface area contributed by atoms with Crippen molar-refractivity contribution in [3.63, 3.8) is 0 Å². The smallest absolute Gasteiger partial charge is 0.248 e. The Hall–Kier alpha value is -2.33. The van der Waals surface area contributed by atoms with Crippen molar-refractivity contribution in [1.82, 2.24) is 5.32 Å². The van der Waals surface area contributed by atoms with Crippen LogP contribution in [0.2, 0.25) is 0 Å². The van der Waals surface area contributed by atoms with Crippen LogP contribution in [0.25, 0.3) is 11.1 Å². The highest BCUT2D eigenvalue weighted by atomic mass is 16.3. The summed E-state index contributed by atoms with van der Waals surface area (Å²) in [5, 5.41) is 13.7. The van der Waals surface area contributed by atoms with Crippen LogP contribution in [0.4, 0.5) is 0 Å². The predicted octanol–water partition coefficient (Wildman–Crippen LogP) is 3.54. The highest BCUT2D eigenvalue weighted by molar-refractivity contribution is 5.94. The van der Waals surface area contributed by atoms with Crippen molar-refractivity contribution in [3.8, 4) is 16.9 Å². The van der Waals surface area contributed by atoms with Gasteiger partial charge in [-0.15, -0.1) is 0 Å². The van der Waals surface area contributed by atoms with Crippen molar-refractivity contribution < 1.29 is 9.90 Å². The van der Waals surface area contributed by atoms with Crippen LogP contribution in [0.3, 0.4) is 0 Å². The summed E-state index contributed by atoms with van der Waals surface area (Å²) < 4.78 is 0. The summed E-state index contributed by atoms with van der Waals surface area (Å²) in [6.07, 6.45) is 5.78. The second kappa shape index (κ2) is 7.70. The molecule has 1 aliphatic heterocycles. The van der Waals surface area contributed by atoms with E-state index in [-0.39, 0.29) is 5.75 Å². The number of primary amides is 1. The van der Waals surface area contributed by atoms with Gasteiger partial charge in [0.05, 0.1) is 0 Å². The number of nitrogens with one attached hydrogen (secondary N) is 1. The van der Waals surface area contributed by atoms with Gasteiger partial charge < -0.3 is 16.2 Å². The van der Waals surface area contributed by atoms with Gasteiger partial charge in [-0.3, -0.25) is 4.79 Å². The van der Waals surface area contributed by atoms with Crippen molar-refractivity contribution in [2.24, 2.45) is 5.73 Å². The van der Waals surface area contributed by atoms with Gasteiger partial charge in [0, 0.05) is 11.6 Å². The Morgan fingerprint density at radius 1 is 1.24 bits per heavy atom. The monoisotopic (exact) mass is 338 g/mol. The molecular formula is C21H26N2O2. The second-order valence-corrected chi connectivity index (χ2v) is 6.97. The van der Waals surface area contributed by atoms with E-state index < -0.39 is 5.91 Å². The molecule has 1 aliphatic rings. The number of rotatable bonds is 5. The summed E-state index contributed by atoms with van der Waals surface area (Å²) in [5.74, 6) is -0.182. The number of aryl methyl sites for hydroxylation is 2. The van der Waals surface area contributed by atoms with Crippen molar-refractivity contribution >= 4 is 5.91 Å². The molecule has 25 heavy (non-hydrogen) atoms. The fraction of sp³-hybridized carbons (Fsp3) is 0.381. The van der Waals surface area contributed by atoms with Crippen LogP contribution in [0.5, 0.6) is 5.75 Å². The number of piperidine rings is 1. The molecule has 0 aliphatic carbocycles. The van der Waals surface area contributed by atoms with Crippen molar-refractivity contribution in [3.05, 3.63) is 53.1 Å². The van der Waals surface area contributed by atoms with E-state index >= 15 is 0 Å². The maximum Gasteiger partial charge on any atom is 0.248 e. The van der Waals surface area contributed by atoms with E-state index in [2.05, 4.69) is 11.4 Å². The van der Waals surface area contributed by atoms with Crippen LogP contribution < -0.4 is 11.1 Å². The molecule has 4 N–H and O–H groups in total. The van der Waals surface area contributed by atoms with Gasteiger partial charge in [-0.25, -0.2) is 0 Å². The first-order valence-electron chi connectivity index (χ1n) is 9.00. The average Bonchev–Trinajstić information content (AvgIpc) is 2.60. The lowest BCUT2D eigenvalue weighted by atomic mass is 9.93. The maximum absolute atomic E-state index is 11.5. The highest BCUT2D eigenvalue weighted by Crippen LogP contribution is 2.29. The minimum atomic E-state index is -0.440. The molecule has 1 unspecified atom stereocenters. The van der Waals surface area contributed by atoms with E-state index in [1.54, 1.807) is 18.2 Å². The zero-order valence-corrected chi connectivity index (χ0v) is 14.7. The van der Waals surface area contributed by atoms with E-state index in [9.17, 15) is 9.90 Å². The molecule has 2 aromatic carbocycles. The maximum atomic E-state index is 11.5. The van der Waals surface area contributed by atoms with E-state index in [0.717, 1.165) is 41.6 Å². The molecule has 0 bridgehead atoms. The molecule has 4 nitrogen and oxygen atoms in total. The van der Waals surface area contributed by atoms with Gasteiger partial charge in [0.25, 0.3) is 0 Å². The number of carbonyl (C=O) groups is 1. The number of phenolic OH excluding ortho intramolecular Hbond substituents is 1. The molecule has 0 radical (unpaired) electrons. The highest BCUT2D eigenvalue weighted by Gasteiger charge is 2.13. The quantitative estimate of drug-likeness (QED) is 0.780. The predicted molar refractivity (Wildman–Crippen MR) is 101 cm³/mol. The Bertz CT molecular complexity index is 764. The van der Waals surface area contributed by atoms with Crippen LogP contribution in [0, 0.1) is 6.92 Å². The summed E-state index contributed by atoms with van der Waals surface area (Å²) in [7, 11) is 0. The molecule has 1 saturated heterocycles. The third kappa shape index (κ3) is 4.40. The number of hydrogen-bond acceptors (Lipinski definition) is 3. The SMILES string of the molecule is Cc1ccc(C(N)=O)cc1-c1cc(O)cc(CCC2CCCCN2)c1. The number of hydrogen-bond donors (Lipinski definition) is 3. The summed E-state index contributed by atoms with van der Waals surface area (Å²) >= 11 is 0. The summed E-state index contributed by atoms with van der Waals surface area (Å²) in [5.41, 5.74) is 9.91. The third-order valence-corrected chi connectivity index (χ3v) is 5.00. The van der Waals surface area contributed by atoms with Gasteiger partial charge in [-0.2, -0.15) is 0 Å². The molecule has 2 aromatic rings. The number of phenols is 1. The third-order valence-electron chi connectivity index (χ3n) is 5.00. The first-order valence-corrected chi connectivity index (χ1v) is 9.00. The number of carbonyl (C=O) groups excluding carboxylic acids is 1. The van der Waals surface area contributed by atoms with Gasteiger partial charge in [-0.05, 0) is 85.7 Å². The average molecular weight is 338 g/mol. The van der Waals surface area contributed by atoms with Gasteiger partial charge in [0.1, 0.15) is 5.75 Å². The molecular weight excluding hydrogens is 312 g/mol. The van der Waals surface area contributed by atoms with Crippen LogP contribution in [-0.4, -0.2) is 23.6 Å². The summed E-state index contributed by atoms with van der Waals surface area (Å²) in [6, 6.07) is 11.7. The lowest BCUT2D eigenvalue weighted by Gasteiger charge is -2.23. The second-order valence-electron chi connectivity index (χ2n) is 6.97. The largest absolute Gasteiger partial charge is 0.508 e. The van der Waals surface area contributed by atoms with Crippen molar-refractivity contribution in [1.29, 1.82) is 0 Å². The minimum absolute atomic E-state index is 0.257. The van der Waals surface area contributed by atoms with E-state index in [1.165, 1.54) is 19.3 Å². The molecule has 1 atom stereocenters. The van der Waals surface area contributed by atoms with Crippen molar-refractivity contribution in [2.45, 2.75) is 45.1 Å². The van der Waals surface area contributed by atoms with Gasteiger partial charge in [-0.1, -0.05) is 18.6 Å². The zero-order chi connectivity index (χ0) is 17.8. The Balaban J connectivity index is 1.84. The molecule has 0 aromatic heterocycles. The fourth-order valence-corrected chi connectivity index (χ4v) is 3.57. The molecule has 1 fully saturated rings. The molecule has 1 heterocycles. The van der Waals surface area contributed by atoms with E-state index in [0.29, 0.717) is 11.6 Å². The Kier molecular flexibility index (Phi) is 5.39. The lowest BCUT2D eigenvalue weighted by molar-refractivity contribution is 0.100. The molecule has 132 valence electrons.